The van der Waals surface area contributed by atoms with Crippen molar-refractivity contribution in [2.75, 3.05) is 13.2 Å². The molecule has 0 saturated carbocycles. The van der Waals surface area contributed by atoms with Crippen LogP contribution >= 0.6 is 0 Å². The summed E-state index contributed by atoms with van der Waals surface area (Å²) >= 11 is 0. The molecule has 1 aliphatic heterocycles. The van der Waals surface area contributed by atoms with Gasteiger partial charge in [-0.2, -0.15) is 5.26 Å². The third-order valence-corrected chi connectivity index (χ3v) is 4.39. The van der Waals surface area contributed by atoms with Crippen LogP contribution in [0.4, 0.5) is 0 Å². The van der Waals surface area contributed by atoms with Gasteiger partial charge in [0.05, 0.1) is 24.7 Å². The molecule has 0 bridgehead atoms. The van der Waals surface area contributed by atoms with E-state index in [0.717, 1.165) is 19.3 Å². The smallest absolute Gasteiger partial charge is 0.305 e. The van der Waals surface area contributed by atoms with Crippen LogP contribution in [-0.4, -0.2) is 35.8 Å². The molecule has 1 heterocycles. The molecule has 0 atom stereocenters. The molecule has 1 aromatic rings. The normalized spacial score (nSPS) is 15.3. The van der Waals surface area contributed by atoms with Gasteiger partial charge in [0.2, 0.25) is 5.91 Å². The number of nitrogens with zero attached hydrogens (tertiary/aromatic N) is 2. The van der Waals surface area contributed by atoms with Gasteiger partial charge in [-0.1, -0.05) is 31.0 Å². The van der Waals surface area contributed by atoms with Crippen molar-refractivity contribution in [1.82, 2.24) is 4.90 Å². The molecule has 0 aromatic heterocycles. The molecular weight excluding hydrogens is 344 g/mol. The molecule has 0 radical (unpaired) electrons. The van der Waals surface area contributed by atoms with Gasteiger partial charge in [0, 0.05) is 18.5 Å². The van der Waals surface area contributed by atoms with Crippen LogP contribution < -0.4 is 0 Å². The van der Waals surface area contributed by atoms with Gasteiger partial charge in [-0.3, -0.25) is 19.3 Å². The molecule has 27 heavy (non-hydrogen) atoms. The lowest BCUT2D eigenvalue weighted by molar-refractivity contribution is -0.143. The van der Waals surface area contributed by atoms with Gasteiger partial charge in [-0.05, 0) is 37.5 Å². The number of amides is 2. The minimum atomic E-state index is -0.278. The van der Waals surface area contributed by atoms with Crippen LogP contribution in [0, 0.1) is 11.3 Å². The minimum Gasteiger partial charge on any atom is -0.466 e. The highest BCUT2D eigenvalue weighted by atomic mass is 16.5. The third kappa shape index (κ3) is 5.78. The molecule has 2 rings (SSSR count). The molecule has 1 fully saturated rings. The average molecular weight is 368 g/mol. The zero-order chi connectivity index (χ0) is 19.6. The molecule has 0 aliphatic carbocycles. The summed E-state index contributed by atoms with van der Waals surface area (Å²) in [6, 6.07) is 9.09. The topological polar surface area (TPSA) is 87.5 Å². The van der Waals surface area contributed by atoms with E-state index < -0.39 is 0 Å². The Hall–Kier alpha value is -2.94. The maximum atomic E-state index is 12.5. The predicted octanol–water partition coefficient (Wildman–Crippen LogP) is 3.21. The first-order valence-corrected chi connectivity index (χ1v) is 9.26. The van der Waals surface area contributed by atoms with Crippen LogP contribution in [0.3, 0.4) is 0 Å². The Labute approximate surface area is 159 Å². The maximum absolute atomic E-state index is 12.5. The Kier molecular flexibility index (Phi) is 7.75. The Morgan fingerprint density at radius 2 is 1.96 bits per heavy atom. The van der Waals surface area contributed by atoms with Gasteiger partial charge >= 0.3 is 5.97 Å². The fraction of sp³-hybridized carbons (Fsp3) is 0.429. The first-order chi connectivity index (χ1) is 13.1. The molecule has 6 heteroatoms. The summed E-state index contributed by atoms with van der Waals surface area (Å²) in [7, 11) is 0. The highest BCUT2D eigenvalue weighted by Crippen LogP contribution is 2.23. The summed E-state index contributed by atoms with van der Waals surface area (Å²) in [4.78, 5) is 37.2. The molecule has 1 aliphatic rings. The van der Waals surface area contributed by atoms with E-state index in [1.807, 2.05) is 0 Å². The minimum absolute atomic E-state index is 0.0709. The first kappa shape index (κ1) is 20.4. The standard InChI is InChI=1S/C21H24N2O4/c1-2-27-20(25)11-5-3-4-8-12-23-19(24)14-18(21(23)26)13-16-9-6-7-10-17(16)15-22/h6-7,9-10,13H,2-5,8,11-12,14H2,1H3/b18-13+. The van der Waals surface area contributed by atoms with E-state index in [9.17, 15) is 14.4 Å². The molecule has 0 unspecified atom stereocenters. The van der Waals surface area contributed by atoms with Gasteiger partial charge in [-0.25, -0.2) is 0 Å². The monoisotopic (exact) mass is 368 g/mol. The van der Waals surface area contributed by atoms with Gasteiger partial charge in [0.25, 0.3) is 5.91 Å². The van der Waals surface area contributed by atoms with Gasteiger partial charge in [-0.15, -0.1) is 0 Å². The number of ether oxygens (including phenoxy) is 1. The molecule has 1 aromatic carbocycles. The summed E-state index contributed by atoms with van der Waals surface area (Å²) < 4.78 is 4.87. The second-order valence-corrected chi connectivity index (χ2v) is 6.37. The highest BCUT2D eigenvalue weighted by molar-refractivity contribution is 6.15. The van der Waals surface area contributed by atoms with E-state index in [0.29, 0.717) is 42.7 Å². The fourth-order valence-corrected chi connectivity index (χ4v) is 3.00. The quantitative estimate of drug-likeness (QED) is 0.289. The van der Waals surface area contributed by atoms with E-state index in [-0.39, 0.29) is 24.2 Å². The van der Waals surface area contributed by atoms with Crippen LogP contribution in [0.5, 0.6) is 0 Å². The fourth-order valence-electron chi connectivity index (χ4n) is 3.00. The van der Waals surface area contributed by atoms with Crippen molar-refractivity contribution in [2.24, 2.45) is 0 Å². The summed E-state index contributed by atoms with van der Waals surface area (Å²) in [6.07, 6.45) is 5.26. The van der Waals surface area contributed by atoms with Crippen molar-refractivity contribution >= 4 is 23.9 Å². The molecular formula is C21H24N2O4. The Bertz CT molecular complexity index is 777. The van der Waals surface area contributed by atoms with E-state index in [1.165, 1.54) is 4.90 Å². The lowest BCUT2D eigenvalue weighted by Gasteiger charge is -2.13. The van der Waals surface area contributed by atoms with E-state index in [2.05, 4.69) is 6.07 Å². The number of imide groups is 1. The van der Waals surface area contributed by atoms with Crippen molar-refractivity contribution < 1.29 is 19.1 Å². The van der Waals surface area contributed by atoms with Gasteiger partial charge in [0.1, 0.15) is 0 Å². The van der Waals surface area contributed by atoms with Crippen molar-refractivity contribution in [2.45, 2.75) is 45.4 Å². The summed E-state index contributed by atoms with van der Waals surface area (Å²) in [5, 5.41) is 9.14. The Morgan fingerprint density at radius 3 is 2.70 bits per heavy atom. The van der Waals surface area contributed by atoms with Crippen LogP contribution in [0.1, 0.15) is 56.6 Å². The number of carbonyl (C=O) groups is 3. The number of nitriles is 1. The number of hydrogen-bond donors (Lipinski definition) is 0. The van der Waals surface area contributed by atoms with Crippen molar-refractivity contribution in [3.8, 4) is 6.07 Å². The number of carbonyl (C=O) groups excluding carboxylic acids is 3. The van der Waals surface area contributed by atoms with Crippen LogP contribution in [0.25, 0.3) is 6.08 Å². The van der Waals surface area contributed by atoms with Crippen LogP contribution in [0.2, 0.25) is 0 Å². The van der Waals surface area contributed by atoms with E-state index >= 15 is 0 Å². The van der Waals surface area contributed by atoms with Gasteiger partial charge in [0.15, 0.2) is 0 Å². The van der Waals surface area contributed by atoms with Crippen LogP contribution in [-0.2, 0) is 19.1 Å². The third-order valence-electron chi connectivity index (χ3n) is 4.39. The average Bonchev–Trinajstić information content (AvgIpc) is 2.92. The second kappa shape index (κ2) is 10.3. The van der Waals surface area contributed by atoms with E-state index in [1.54, 1.807) is 37.3 Å². The van der Waals surface area contributed by atoms with Crippen LogP contribution in [0.15, 0.2) is 29.8 Å². The predicted molar refractivity (Wildman–Crippen MR) is 100 cm³/mol. The largest absolute Gasteiger partial charge is 0.466 e. The lowest BCUT2D eigenvalue weighted by Crippen LogP contribution is -2.30. The zero-order valence-corrected chi connectivity index (χ0v) is 15.6. The zero-order valence-electron chi connectivity index (χ0n) is 15.6. The molecule has 142 valence electrons. The lowest BCUT2D eigenvalue weighted by atomic mass is 10.0. The first-order valence-electron chi connectivity index (χ1n) is 9.26. The number of unbranched alkanes of at least 4 members (excludes halogenated alkanes) is 3. The number of esters is 1. The molecule has 0 spiro atoms. The van der Waals surface area contributed by atoms with Gasteiger partial charge < -0.3 is 4.74 Å². The van der Waals surface area contributed by atoms with Crippen molar-refractivity contribution in [3.63, 3.8) is 0 Å². The molecule has 2 amide bonds. The van der Waals surface area contributed by atoms with Crippen molar-refractivity contribution in [3.05, 3.63) is 41.0 Å². The highest BCUT2D eigenvalue weighted by Gasteiger charge is 2.33. The number of likely N-dealkylation sites (tertiary alicyclic amines) is 1. The second-order valence-electron chi connectivity index (χ2n) is 6.37. The Balaban J connectivity index is 1.83. The number of rotatable bonds is 9. The Morgan fingerprint density at radius 1 is 1.22 bits per heavy atom. The number of hydrogen-bond acceptors (Lipinski definition) is 5. The summed E-state index contributed by atoms with van der Waals surface area (Å²) in [5.74, 6) is -0.665. The number of benzene rings is 1. The summed E-state index contributed by atoms with van der Waals surface area (Å²) in [6.45, 7) is 2.56. The molecule has 6 nitrogen and oxygen atoms in total. The summed E-state index contributed by atoms with van der Waals surface area (Å²) in [5.41, 5.74) is 1.55. The molecule has 1 saturated heterocycles. The molecule has 0 N–H and O–H groups in total. The van der Waals surface area contributed by atoms with Crippen molar-refractivity contribution in [1.29, 1.82) is 5.26 Å². The maximum Gasteiger partial charge on any atom is 0.305 e. The van der Waals surface area contributed by atoms with E-state index in [4.69, 9.17) is 10.00 Å². The SMILES string of the molecule is CCOC(=O)CCCCCCN1C(=O)C/C(=C\c2ccccc2C#N)C1=O.